The topological polar surface area (TPSA) is 113 Å². The summed E-state index contributed by atoms with van der Waals surface area (Å²) in [5.41, 5.74) is -1.23. The van der Waals surface area contributed by atoms with E-state index in [1.54, 1.807) is 24.3 Å². The standard InChI is InChI=1S/C46H62NO10P/c1-28-17-19-36-30(3)39(49-40-26-43(5)23-21-34(28)45(36,40)55-53-43)25-38(47-57-58(48,51-32-13-9-7-10-14-32)52-33-15-11-8-12-16-33)42-31(4)37-20-18-29(2)35-22-24-44(6)27-41(50-42)46(35,37)56-54-44/h7-16,28-31,34-37,39-42H,17-27H2,1-6H3/b47-38-/t28-,29-,30-,31-,34+,35+,36+,37+,39-,40-,41-,42+,43-,44-,45-,46-/m1/s1. The van der Waals surface area contributed by atoms with Crippen LogP contribution >= 0.6 is 7.82 Å². The zero-order valence-corrected chi connectivity index (χ0v) is 35.9. The van der Waals surface area contributed by atoms with E-state index in [1.165, 1.54) is 0 Å². The van der Waals surface area contributed by atoms with Crippen LogP contribution < -0.4 is 9.05 Å². The first-order chi connectivity index (χ1) is 27.8. The van der Waals surface area contributed by atoms with Crippen molar-refractivity contribution in [3.8, 4) is 11.5 Å². The average molecular weight is 820 g/mol. The molecule has 16 atom stereocenters. The van der Waals surface area contributed by atoms with Crippen molar-refractivity contribution >= 4 is 13.5 Å². The molecule has 4 bridgehead atoms. The number of hydrogen-bond acceptors (Lipinski definition) is 11. The second kappa shape index (κ2) is 14.6. The van der Waals surface area contributed by atoms with Crippen LogP contribution in [0.15, 0.2) is 65.8 Å². The molecule has 316 valence electrons. The first kappa shape index (κ1) is 39.6. The van der Waals surface area contributed by atoms with Crippen LogP contribution in [-0.2, 0) is 38.2 Å². The maximum Gasteiger partial charge on any atom is 0.668 e. The number of oxime groups is 1. The van der Waals surface area contributed by atoms with Gasteiger partial charge in [0.15, 0.2) is 0 Å². The van der Waals surface area contributed by atoms with E-state index >= 15 is 0 Å². The van der Waals surface area contributed by atoms with E-state index in [0.717, 1.165) is 64.2 Å². The summed E-state index contributed by atoms with van der Waals surface area (Å²) < 4.78 is 47.9. The monoisotopic (exact) mass is 819 g/mol. The summed E-state index contributed by atoms with van der Waals surface area (Å²) in [5.74, 6) is 2.92. The van der Waals surface area contributed by atoms with Crippen molar-refractivity contribution in [3.05, 3.63) is 60.7 Å². The van der Waals surface area contributed by atoms with Crippen LogP contribution in [0.1, 0.15) is 112 Å². The molecule has 2 spiro atoms. The van der Waals surface area contributed by atoms with Gasteiger partial charge >= 0.3 is 7.82 Å². The van der Waals surface area contributed by atoms with Gasteiger partial charge in [-0.25, -0.2) is 19.6 Å². The summed E-state index contributed by atoms with van der Waals surface area (Å²) in [6.07, 6.45) is 9.24. The fourth-order valence-corrected chi connectivity index (χ4v) is 14.5. The van der Waals surface area contributed by atoms with Gasteiger partial charge in [-0.15, -0.1) is 0 Å². The molecule has 0 unspecified atom stereocenters. The molecule has 6 aliphatic heterocycles. The van der Waals surface area contributed by atoms with Gasteiger partial charge in [0.1, 0.15) is 40.0 Å². The highest BCUT2D eigenvalue weighted by Crippen LogP contribution is 2.64. The average Bonchev–Trinajstić information content (AvgIpc) is 3.58. The minimum atomic E-state index is -4.38. The molecule has 10 fully saturated rings. The summed E-state index contributed by atoms with van der Waals surface area (Å²) in [7, 11) is -4.38. The van der Waals surface area contributed by atoms with Gasteiger partial charge in [-0.1, -0.05) is 69.2 Å². The van der Waals surface area contributed by atoms with Gasteiger partial charge in [-0.05, 0) is 137 Å². The molecule has 2 aromatic rings. The molecule has 11 nitrogen and oxygen atoms in total. The fourth-order valence-electron chi connectivity index (χ4n) is 13.4. The zero-order valence-electron chi connectivity index (χ0n) is 35.0. The van der Waals surface area contributed by atoms with E-state index in [-0.39, 0.29) is 42.0 Å². The molecule has 0 N–H and O–H groups in total. The van der Waals surface area contributed by atoms with Crippen LogP contribution in [0.3, 0.4) is 0 Å². The molecular formula is C46H62NO10P. The maximum atomic E-state index is 14.8. The second-order valence-corrected chi connectivity index (χ2v) is 21.4. The highest BCUT2D eigenvalue weighted by molar-refractivity contribution is 7.49. The Hall–Kier alpha value is -2.50. The van der Waals surface area contributed by atoms with Crippen LogP contribution in [-0.4, -0.2) is 52.5 Å². The van der Waals surface area contributed by atoms with Crippen LogP contribution in [0.25, 0.3) is 0 Å². The highest BCUT2D eigenvalue weighted by Gasteiger charge is 2.70. The summed E-state index contributed by atoms with van der Waals surface area (Å²) in [6.45, 7) is 13.6. The summed E-state index contributed by atoms with van der Waals surface area (Å²) in [4.78, 5) is 25.9. The molecule has 2 aromatic carbocycles. The number of para-hydroxylation sites is 2. The maximum absolute atomic E-state index is 14.8. The fraction of sp³-hybridized carbons (Fsp3) is 0.717. The zero-order chi connectivity index (χ0) is 40.1. The third kappa shape index (κ3) is 6.42. The van der Waals surface area contributed by atoms with Crippen molar-refractivity contribution in [2.75, 3.05) is 0 Å². The van der Waals surface area contributed by atoms with E-state index in [9.17, 15) is 4.57 Å². The molecule has 6 saturated heterocycles. The largest absolute Gasteiger partial charge is 0.668 e. The van der Waals surface area contributed by atoms with E-state index in [4.69, 9.17) is 47.9 Å². The van der Waals surface area contributed by atoms with E-state index in [1.807, 2.05) is 36.4 Å². The van der Waals surface area contributed by atoms with Crippen molar-refractivity contribution in [1.82, 2.24) is 0 Å². The number of phosphoric ester groups is 1. The van der Waals surface area contributed by atoms with Crippen LogP contribution in [0.2, 0.25) is 0 Å². The van der Waals surface area contributed by atoms with Gasteiger partial charge in [0.05, 0.1) is 24.0 Å². The smallest absolute Gasteiger partial charge is 0.385 e. The lowest BCUT2D eigenvalue weighted by Gasteiger charge is -2.62. The Morgan fingerprint density at radius 3 is 1.69 bits per heavy atom. The number of hydrogen-bond donors (Lipinski definition) is 0. The van der Waals surface area contributed by atoms with Crippen molar-refractivity contribution in [2.24, 2.45) is 52.5 Å². The van der Waals surface area contributed by atoms with Gasteiger partial charge in [-0.3, -0.25) is 4.62 Å². The van der Waals surface area contributed by atoms with Crippen molar-refractivity contribution in [3.63, 3.8) is 0 Å². The second-order valence-electron chi connectivity index (χ2n) is 20.0. The third-order valence-corrected chi connectivity index (χ3v) is 17.6. The number of ether oxygens (including phenoxy) is 2. The Bertz CT molecular complexity index is 1860. The quantitative estimate of drug-likeness (QED) is 0.105. The van der Waals surface area contributed by atoms with Gasteiger partial charge in [-0.2, -0.15) is 4.57 Å². The number of phosphoric acid groups is 1. The Morgan fingerprint density at radius 2 is 1.16 bits per heavy atom. The van der Waals surface area contributed by atoms with Crippen LogP contribution in [0.4, 0.5) is 0 Å². The van der Waals surface area contributed by atoms with Crippen LogP contribution in [0, 0.1) is 47.3 Å². The Balaban J connectivity index is 1.03. The van der Waals surface area contributed by atoms with Gasteiger partial charge in [0.2, 0.25) is 0 Å². The Labute approximate surface area is 343 Å². The highest BCUT2D eigenvalue weighted by atomic mass is 31.2. The molecule has 0 aromatic heterocycles. The predicted octanol–water partition coefficient (Wildman–Crippen LogP) is 10.4. The normalized spacial score (nSPS) is 46.9. The molecule has 12 rings (SSSR count). The third-order valence-electron chi connectivity index (χ3n) is 16.4. The molecule has 12 heteroatoms. The summed E-state index contributed by atoms with van der Waals surface area (Å²) >= 11 is 0. The summed E-state index contributed by atoms with van der Waals surface area (Å²) in [6, 6.07) is 17.9. The molecule has 58 heavy (non-hydrogen) atoms. The van der Waals surface area contributed by atoms with E-state index in [2.05, 4.69) is 41.5 Å². The first-order valence-electron chi connectivity index (χ1n) is 22.2. The lowest BCUT2D eigenvalue weighted by atomic mass is 9.55. The molecule has 10 aliphatic rings. The number of rotatable bonds is 9. The van der Waals surface area contributed by atoms with Crippen LogP contribution in [0.5, 0.6) is 11.5 Å². The molecular weight excluding hydrogens is 757 g/mol. The number of nitrogens with zero attached hydrogens (tertiary/aromatic N) is 1. The molecule has 0 amide bonds. The van der Waals surface area contributed by atoms with Crippen molar-refractivity contribution < 1.29 is 47.3 Å². The molecule has 0 radical (unpaired) electrons. The minimum absolute atomic E-state index is 0.0150. The van der Waals surface area contributed by atoms with Crippen molar-refractivity contribution in [2.45, 2.75) is 159 Å². The molecule has 6 heterocycles. The number of fused-ring (bicyclic) bond motifs is 4. The Morgan fingerprint density at radius 1 is 0.655 bits per heavy atom. The predicted molar refractivity (Wildman–Crippen MR) is 216 cm³/mol. The SMILES string of the molecule is C[C@H]1[C@@H](/C(C[C@H]2O[C@@H]3C[C@@]4(C)CC[C@H]5[C@H](C)CC[C@@H]([C@H]2C)[C@@]35OO4)=N\OP(=O)(Oc2ccccc2)Oc2ccccc2)O[C@@H]2C[C@@]3(C)CC[C@H]4[C@H](C)CC[C@@H]1[C@@]24OO3. The lowest BCUT2D eigenvalue weighted by Crippen LogP contribution is -2.71. The number of benzene rings is 2. The van der Waals surface area contributed by atoms with Crippen molar-refractivity contribution in [1.29, 1.82) is 0 Å². The van der Waals surface area contributed by atoms with Gasteiger partial charge in [0, 0.05) is 19.3 Å². The van der Waals surface area contributed by atoms with E-state index < -0.39 is 36.3 Å². The minimum Gasteiger partial charge on any atom is -0.385 e. The molecule has 4 saturated carbocycles. The van der Waals surface area contributed by atoms with E-state index in [0.29, 0.717) is 47.3 Å². The van der Waals surface area contributed by atoms with Gasteiger partial charge < -0.3 is 18.5 Å². The molecule has 4 aliphatic carbocycles. The lowest BCUT2D eigenvalue weighted by molar-refractivity contribution is -0.487. The summed E-state index contributed by atoms with van der Waals surface area (Å²) in [5, 5.41) is 4.89. The van der Waals surface area contributed by atoms with Gasteiger partial charge in [0.25, 0.3) is 0 Å². The Kier molecular flexibility index (Phi) is 9.95. The first-order valence-corrected chi connectivity index (χ1v) is 23.7.